The average Bonchev–Trinajstić information content (AvgIpc) is 2.63. The Morgan fingerprint density at radius 2 is 1.75 bits per heavy atom. The van der Waals surface area contributed by atoms with Crippen molar-refractivity contribution in [2.75, 3.05) is 39.5 Å². The van der Waals surface area contributed by atoms with Crippen molar-refractivity contribution in [3.8, 4) is 0 Å². The van der Waals surface area contributed by atoms with Crippen LogP contribution < -0.4 is 5.32 Å². The van der Waals surface area contributed by atoms with Gasteiger partial charge in [0.05, 0.1) is 11.3 Å². The minimum atomic E-state index is -4.35. The molecular formula is C18H29F3N4O2S. The van der Waals surface area contributed by atoms with Crippen molar-refractivity contribution in [1.82, 2.24) is 14.5 Å². The van der Waals surface area contributed by atoms with Crippen LogP contribution in [0, 0.1) is 0 Å². The molecule has 0 amide bonds. The predicted molar refractivity (Wildman–Crippen MR) is 106 cm³/mol. The zero-order chi connectivity index (χ0) is 21.4. The Kier molecular flexibility index (Phi) is 9.22. The van der Waals surface area contributed by atoms with E-state index in [0.717, 1.165) is 17.7 Å². The van der Waals surface area contributed by atoms with E-state index < -0.39 is 21.8 Å². The Hall–Kier alpha value is -1.81. The van der Waals surface area contributed by atoms with Gasteiger partial charge in [-0.1, -0.05) is 12.1 Å². The van der Waals surface area contributed by atoms with E-state index in [1.165, 1.54) is 16.4 Å². The monoisotopic (exact) mass is 422 g/mol. The first-order valence-electron chi connectivity index (χ1n) is 9.10. The van der Waals surface area contributed by atoms with Crippen molar-refractivity contribution in [3.63, 3.8) is 0 Å². The quantitative estimate of drug-likeness (QED) is 0.378. The van der Waals surface area contributed by atoms with Gasteiger partial charge in [0, 0.05) is 40.3 Å². The second-order valence-electron chi connectivity index (χ2n) is 6.36. The largest absolute Gasteiger partial charge is 0.416 e. The van der Waals surface area contributed by atoms with E-state index in [0.29, 0.717) is 38.6 Å². The summed E-state index contributed by atoms with van der Waals surface area (Å²) in [7, 11) is 0.143. The average molecular weight is 423 g/mol. The molecule has 0 spiro atoms. The Labute approximate surface area is 165 Å². The summed E-state index contributed by atoms with van der Waals surface area (Å²) in [6, 6.07) is 5.04. The molecule has 28 heavy (non-hydrogen) atoms. The van der Waals surface area contributed by atoms with Gasteiger partial charge in [-0.2, -0.15) is 13.2 Å². The molecule has 0 aliphatic rings. The van der Waals surface area contributed by atoms with E-state index >= 15 is 0 Å². The van der Waals surface area contributed by atoms with Gasteiger partial charge < -0.3 is 10.2 Å². The lowest BCUT2D eigenvalue weighted by Crippen LogP contribution is -2.38. The van der Waals surface area contributed by atoms with E-state index in [4.69, 9.17) is 0 Å². The molecule has 160 valence electrons. The first-order valence-corrected chi connectivity index (χ1v) is 10.7. The predicted octanol–water partition coefficient (Wildman–Crippen LogP) is 2.77. The fraction of sp³-hybridized carbons (Fsp3) is 0.611. The topological polar surface area (TPSA) is 65.0 Å². The molecule has 0 heterocycles. The fourth-order valence-electron chi connectivity index (χ4n) is 2.46. The van der Waals surface area contributed by atoms with Crippen LogP contribution in [0.3, 0.4) is 0 Å². The maximum atomic E-state index is 12.7. The number of benzene rings is 1. The number of nitrogens with zero attached hydrogens (tertiary/aromatic N) is 3. The molecule has 10 heteroatoms. The summed E-state index contributed by atoms with van der Waals surface area (Å²) in [5.74, 6) is 0.675. The molecule has 0 aliphatic carbocycles. The molecular weight excluding hydrogens is 393 g/mol. The van der Waals surface area contributed by atoms with Crippen LogP contribution in [0.15, 0.2) is 29.3 Å². The van der Waals surface area contributed by atoms with Crippen molar-refractivity contribution in [1.29, 1.82) is 0 Å². The second kappa shape index (κ2) is 10.7. The number of hydrogen-bond acceptors (Lipinski definition) is 3. The van der Waals surface area contributed by atoms with Gasteiger partial charge in [0.15, 0.2) is 5.96 Å². The highest BCUT2D eigenvalue weighted by Gasteiger charge is 2.29. The molecule has 1 rings (SSSR count). The van der Waals surface area contributed by atoms with Crippen LogP contribution in [0.1, 0.15) is 31.4 Å². The first kappa shape index (κ1) is 24.2. The van der Waals surface area contributed by atoms with E-state index in [2.05, 4.69) is 10.3 Å². The van der Waals surface area contributed by atoms with E-state index in [1.807, 2.05) is 11.8 Å². The molecule has 0 aromatic heterocycles. The Balaban J connectivity index is 2.67. The minimum Gasteiger partial charge on any atom is -0.357 e. The Morgan fingerprint density at radius 1 is 1.14 bits per heavy atom. The van der Waals surface area contributed by atoms with Crippen LogP contribution in [0.5, 0.6) is 0 Å². The molecule has 0 unspecified atom stereocenters. The van der Waals surface area contributed by atoms with Gasteiger partial charge in [0.2, 0.25) is 10.0 Å². The van der Waals surface area contributed by atoms with Crippen LogP contribution in [-0.2, 0) is 22.7 Å². The van der Waals surface area contributed by atoms with Crippen molar-refractivity contribution in [2.45, 2.75) is 33.0 Å². The number of sulfonamides is 1. The standard InChI is InChI=1S/C18H29F3N4O2S/c1-5-22-17(23-12-7-13-25(4)28(26,27)6-2)24(3)14-15-8-10-16(11-9-15)18(19,20)21/h8-11H,5-7,12-14H2,1-4H3,(H,22,23). The third-order valence-electron chi connectivity index (χ3n) is 4.13. The third-order valence-corrected chi connectivity index (χ3v) is 5.99. The SMILES string of the molecule is CCNC(=NCCCN(C)S(=O)(=O)CC)N(C)Cc1ccc(C(F)(F)F)cc1. The summed E-state index contributed by atoms with van der Waals surface area (Å²) in [5, 5.41) is 3.13. The van der Waals surface area contributed by atoms with Gasteiger partial charge in [0.25, 0.3) is 0 Å². The fourth-order valence-corrected chi connectivity index (χ4v) is 3.30. The Bertz CT molecular complexity index is 734. The molecule has 0 aliphatic heterocycles. The normalized spacial score (nSPS) is 13.1. The van der Waals surface area contributed by atoms with Crippen LogP contribution >= 0.6 is 0 Å². The van der Waals surface area contributed by atoms with Crippen LogP contribution in [0.2, 0.25) is 0 Å². The summed E-state index contributed by atoms with van der Waals surface area (Å²) in [5.41, 5.74) is 0.0560. The number of nitrogens with one attached hydrogen (secondary N) is 1. The zero-order valence-corrected chi connectivity index (χ0v) is 17.6. The number of aliphatic imine (C=N–C) groups is 1. The Morgan fingerprint density at radius 3 is 2.25 bits per heavy atom. The number of guanidine groups is 1. The van der Waals surface area contributed by atoms with Gasteiger partial charge in [-0.15, -0.1) is 0 Å². The summed E-state index contributed by atoms with van der Waals surface area (Å²) >= 11 is 0. The zero-order valence-electron chi connectivity index (χ0n) is 16.8. The molecule has 1 aromatic carbocycles. The maximum absolute atomic E-state index is 12.7. The minimum absolute atomic E-state index is 0.0608. The second-order valence-corrected chi connectivity index (χ2v) is 8.73. The van der Waals surface area contributed by atoms with Gasteiger partial charge >= 0.3 is 6.18 Å². The van der Waals surface area contributed by atoms with Gasteiger partial charge in [-0.25, -0.2) is 12.7 Å². The van der Waals surface area contributed by atoms with Crippen LogP contribution in [0.25, 0.3) is 0 Å². The third kappa shape index (κ3) is 7.67. The highest BCUT2D eigenvalue weighted by atomic mass is 32.2. The summed E-state index contributed by atoms with van der Waals surface area (Å²) in [6.45, 7) is 5.37. The molecule has 1 N–H and O–H groups in total. The lowest BCUT2D eigenvalue weighted by atomic mass is 10.1. The summed E-state index contributed by atoms with van der Waals surface area (Å²) < 4.78 is 62.7. The molecule has 0 radical (unpaired) electrons. The van der Waals surface area contributed by atoms with Crippen molar-refractivity contribution in [2.24, 2.45) is 4.99 Å². The highest BCUT2D eigenvalue weighted by molar-refractivity contribution is 7.89. The number of alkyl halides is 3. The van der Waals surface area contributed by atoms with E-state index in [9.17, 15) is 21.6 Å². The molecule has 1 aromatic rings. The van der Waals surface area contributed by atoms with Gasteiger partial charge in [0.1, 0.15) is 0 Å². The summed E-state index contributed by atoms with van der Waals surface area (Å²) in [4.78, 5) is 6.29. The first-order chi connectivity index (χ1) is 13.0. The lowest BCUT2D eigenvalue weighted by Gasteiger charge is -2.22. The molecule has 6 nitrogen and oxygen atoms in total. The van der Waals surface area contributed by atoms with Crippen LogP contribution in [-0.4, -0.2) is 63.1 Å². The molecule has 0 fully saturated rings. The van der Waals surface area contributed by atoms with E-state index in [-0.39, 0.29) is 5.75 Å². The molecule has 0 saturated carbocycles. The van der Waals surface area contributed by atoms with Gasteiger partial charge in [-0.3, -0.25) is 4.99 Å². The molecule has 0 bridgehead atoms. The van der Waals surface area contributed by atoms with Crippen LogP contribution in [0.4, 0.5) is 13.2 Å². The number of hydrogen-bond donors (Lipinski definition) is 1. The maximum Gasteiger partial charge on any atom is 0.416 e. The summed E-state index contributed by atoms with van der Waals surface area (Å²) in [6.07, 6.45) is -3.78. The number of halogens is 3. The van der Waals surface area contributed by atoms with Gasteiger partial charge in [-0.05, 0) is 38.0 Å². The molecule has 0 atom stereocenters. The number of rotatable bonds is 9. The van der Waals surface area contributed by atoms with Crippen molar-refractivity contribution < 1.29 is 21.6 Å². The van der Waals surface area contributed by atoms with E-state index in [1.54, 1.807) is 21.0 Å². The van der Waals surface area contributed by atoms with Crippen molar-refractivity contribution in [3.05, 3.63) is 35.4 Å². The highest BCUT2D eigenvalue weighted by Crippen LogP contribution is 2.29. The lowest BCUT2D eigenvalue weighted by molar-refractivity contribution is -0.137. The molecule has 0 saturated heterocycles. The van der Waals surface area contributed by atoms with Crippen molar-refractivity contribution >= 4 is 16.0 Å². The smallest absolute Gasteiger partial charge is 0.357 e.